The Hall–Kier alpha value is -2.28. The Labute approximate surface area is 114 Å². The lowest BCUT2D eigenvalue weighted by atomic mass is 10.1. The smallest absolute Gasteiger partial charge is 0.234 e. The quantitative estimate of drug-likeness (QED) is 0.842. The number of hydrogen-bond acceptors (Lipinski definition) is 5. The van der Waals surface area contributed by atoms with Crippen LogP contribution in [0.15, 0.2) is 18.2 Å². The highest BCUT2D eigenvalue weighted by atomic mass is 19.1. The van der Waals surface area contributed by atoms with Gasteiger partial charge in [-0.05, 0) is 12.1 Å². The first-order valence-electron chi connectivity index (χ1n) is 6.23. The van der Waals surface area contributed by atoms with E-state index in [2.05, 4.69) is 9.97 Å². The standard InChI is InChI=1S/C13H13FN4O2/c14-8-2-1-3-9-11(8)12(15)17-13(16-9)18-5-7(6-19)4-10(18)20/h1-3,7,19H,4-6H2,(H2,15,16,17). The topological polar surface area (TPSA) is 92.3 Å². The van der Waals surface area contributed by atoms with E-state index in [-0.39, 0.29) is 42.0 Å². The zero-order valence-electron chi connectivity index (χ0n) is 10.6. The number of nitrogens with two attached hydrogens (primary N) is 1. The van der Waals surface area contributed by atoms with Crippen molar-refractivity contribution in [2.45, 2.75) is 6.42 Å². The van der Waals surface area contributed by atoms with Crippen molar-refractivity contribution in [1.82, 2.24) is 9.97 Å². The summed E-state index contributed by atoms with van der Waals surface area (Å²) in [5, 5.41) is 9.27. The van der Waals surface area contributed by atoms with Gasteiger partial charge in [0.15, 0.2) is 0 Å². The molecule has 0 aliphatic carbocycles. The van der Waals surface area contributed by atoms with Gasteiger partial charge in [0.05, 0.1) is 10.9 Å². The van der Waals surface area contributed by atoms with Crippen LogP contribution in [0, 0.1) is 11.7 Å². The van der Waals surface area contributed by atoms with Crippen LogP contribution in [-0.4, -0.2) is 34.1 Å². The maximum absolute atomic E-state index is 13.7. The second-order valence-electron chi connectivity index (χ2n) is 4.80. The third-order valence-electron chi connectivity index (χ3n) is 3.39. The predicted molar refractivity (Wildman–Crippen MR) is 71.5 cm³/mol. The Bertz CT molecular complexity index is 691. The van der Waals surface area contributed by atoms with Gasteiger partial charge in [-0.1, -0.05) is 6.07 Å². The minimum Gasteiger partial charge on any atom is -0.396 e. The van der Waals surface area contributed by atoms with Crippen LogP contribution >= 0.6 is 0 Å². The monoisotopic (exact) mass is 276 g/mol. The molecule has 1 aliphatic heterocycles. The molecule has 1 atom stereocenters. The van der Waals surface area contributed by atoms with Crippen LogP contribution in [0.3, 0.4) is 0 Å². The normalized spacial score (nSPS) is 19.0. The van der Waals surface area contributed by atoms with Gasteiger partial charge >= 0.3 is 0 Å². The number of amides is 1. The number of anilines is 2. The van der Waals surface area contributed by atoms with Crippen molar-refractivity contribution >= 4 is 28.6 Å². The molecule has 7 heteroatoms. The van der Waals surface area contributed by atoms with Crippen LogP contribution in [-0.2, 0) is 4.79 Å². The van der Waals surface area contributed by atoms with Gasteiger partial charge < -0.3 is 10.8 Å². The molecular weight excluding hydrogens is 263 g/mol. The first-order chi connectivity index (χ1) is 9.60. The lowest BCUT2D eigenvalue weighted by molar-refractivity contribution is -0.117. The van der Waals surface area contributed by atoms with Crippen LogP contribution in [0.4, 0.5) is 16.2 Å². The van der Waals surface area contributed by atoms with Crippen molar-refractivity contribution in [2.75, 3.05) is 23.8 Å². The van der Waals surface area contributed by atoms with Gasteiger partial charge in [0.2, 0.25) is 11.9 Å². The van der Waals surface area contributed by atoms with E-state index in [0.29, 0.717) is 12.1 Å². The number of carbonyl (C=O) groups excluding carboxylic acids is 1. The predicted octanol–water partition coefficient (Wildman–Crippen LogP) is 0.696. The third kappa shape index (κ3) is 1.96. The van der Waals surface area contributed by atoms with Gasteiger partial charge in [0, 0.05) is 25.5 Å². The Kier molecular flexibility index (Phi) is 2.98. The fraction of sp³-hybridized carbons (Fsp3) is 0.308. The van der Waals surface area contributed by atoms with Gasteiger partial charge in [-0.25, -0.2) is 9.37 Å². The summed E-state index contributed by atoms with van der Waals surface area (Å²) < 4.78 is 13.7. The third-order valence-corrected chi connectivity index (χ3v) is 3.39. The zero-order chi connectivity index (χ0) is 14.3. The van der Waals surface area contributed by atoms with E-state index in [1.165, 1.54) is 17.0 Å². The van der Waals surface area contributed by atoms with Crippen LogP contribution in [0.2, 0.25) is 0 Å². The number of aliphatic hydroxyl groups excluding tert-OH is 1. The maximum atomic E-state index is 13.7. The Morgan fingerprint density at radius 1 is 1.45 bits per heavy atom. The molecule has 1 unspecified atom stereocenters. The highest BCUT2D eigenvalue weighted by Gasteiger charge is 2.32. The van der Waals surface area contributed by atoms with Crippen LogP contribution < -0.4 is 10.6 Å². The fourth-order valence-corrected chi connectivity index (χ4v) is 2.37. The van der Waals surface area contributed by atoms with Crippen molar-refractivity contribution in [3.63, 3.8) is 0 Å². The van der Waals surface area contributed by atoms with Crippen molar-refractivity contribution in [3.05, 3.63) is 24.0 Å². The number of rotatable bonds is 2. The van der Waals surface area contributed by atoms with E-state index in [0.717, 1.165) is 0 Å². The molecule has 1 aromatic heterocycles. The largest absolute Gasteiger partial charge is 0.396 e. The number of aliphatic hydroxyl groups is 1. The molecule has 0 saturated carbocycles. The molecule has 2 heterocycles. The first-order valence-corrected chi connectivity index (χ1v) is 6.23. The fourth-order valence-electron chi connectivity index (χ4n) is 2.37. The van der Waals surface area contributed by atoms with Gasteiger partial charge in [-0.15, -0.1) is 0 Å². The van der Waals surface area contributed by atoms with E-state index in [1.54, 1.807) is 6.07 Å². The molecule has 20 heavy (non-hydrogen) atoms. The molecule has 1 saturated heterocycles. The molecule has 0 bridgehead atoms. The van der Waals surface area contributed by atoms with E-state index in [9.17, 15) is 9.18 Å². The molecule has 0 spiro atoms. The first kappa shape index (κ1) is 12.7. The number of halogens is 1. The number of aromatic nitrogens is 2. The minimum absolute atomic E-state index is 0.00310. The van der Waals surface area contributed by atoms with Gasteiger partial charge in [-0.2, -0.15) is 4.98 Å². The summed E-state index contributed by atoms with van der Waals surface area (Å²) in [4.78, 5) is 21.5. The van der Waals surface area contributed by atoms with Crippen LogP contribution in [0.1, 0.15) is 6.42 Å². The molecule has 3 rings (SSSR count). The molecule has 2 aromatic rings. The molecule has 0 radical (unpaired) electrons. The average molecular weight is 276 g/mol. The number of nitrogen functional groups attached to an aromatic ring is 1. The summed E-state index contributed by atoms with van der Waals surface area (Å²) >= 11 is 0. The Balaban J connectivity index is 2.08. The molecule has 1 aromatic carbocycles. The van der Waals surface area contributed by atoms with Crippen molar-refractivity contribution in [1.29, 1.82) is 0 Å². The van der Waals surface area contributed by atoms with E-state index >= 15 is 0 Å². The average Bonchev–Trinajstić information content (AvgIpc) is 2.79. The molecule has 1 amide bonds. The number of benzene rings is 1. The SMILES string of the molecule is Nc1nc(N2CC(CO)CC2=O)nc2cccc(F)c12. The van der Waals surface area contributed by atoms with E-state index < -0.39 is 5.82 Å². The lowest BCUT2D eigenvalue weighted by Crippen LogP contribution is -2.27. The van der Waals surface area contributed by atoms with Gasteiger partial charge in [-0.3, -0.25) is 9.69 Å². The van der Waals surface area contributed by atoms with Crippen molar-refractivity contribution < 1.29 is 14.3 Å². The number of nitrogens with zero attached hydrogens (tertiary/aromatic N) is 3. The molecule has 1 fully saturated rings. The summed E-state index contributed by atoms with van der Waals surface area (Å²) in [6, 6.07) is 4.42. The van der Waals surface area contributed by atoms with Crippen LogP contribution in [0.5, 0.6) is 0 Å². The minimum atomic E-state index is -0.493. The Morgan fingerprint density at radius 2 is 2.25 bits per heavy atom. The molecule has 6 nitrogen and oxygen atoms in total. The summed E-state index contributed by atoms with van der Waals surface area (Å²) in [5.41, 5.74) is 6.11. The summed E-state index contributed by atoms with van der Waals surface area (Å²) in [6.45, 7) is 0.273. The second kappa shape index (κ2) is 4.68. The van der Waals surface area contributed by atoms with E-state index in [4.69, 9.17) is 10.8 Å². The summed E-state index contributed by atoms with van der Waals surface area (Å²) in [7, 11) is 0. The lowest BCUT2D eigenvalue weighted by Gasteiger charge is -2.15. The highest BCUT2D eigenvalue weighted by molar-refractivity contribution is 5.96. The van der Waals surface area contributed by atoms with E-state index in [1.807, 2.05) is 0 Å². The van der Waals surface area contributed by atoms with Crippen LogP contribution in [0.25, 0.3) is 10.9 Å². The molecule has 3 N–H and O–H groups in total. The number of fused-ring (bicyclic) bond motifs is 1. The molecule has 1 aliphatic rings. The van der Waals surface area contributed by atoms with Gasteiger partial charge in [0.1, 0.15) is 11.6 Å². The highest BCUT2D eigenvalue weighted by Crippen LogP contribution is 2.27. The van der Waals surface area contributed by atoms with Gasteiger partial charge in [0.25, 0.3) is 0 Å². The summed E-state index contributed by atoms with van der Waals surface area (Å²) in [6.07, 6.45) is 0.251. The zero-order valence-corrected chi connectivity index (χ0v) is 10.6. The summed E-state index contributed by atoms with van der Waals surface area (Å²) in [5.74, 6) is -0.632. The molecule has 104 valence electrons. The molecular formula is C13H13FN4O2. The number of carbonyl (C=O) groups is 1. The maximum Gasteiger partial charge on any atom is 0.234 e. The van der Waals surface area contributed by atoms with Crippen molar-refractivity contribution in [3.8, 4) is 0 Å². The number of hydrogen-bond donors (Lipinski definition) is 2. The Morgan fingerprint density at radius 3 is 2.95 bits per heavy atom. The second-order valence-corrected chi connectivity index (χ2v) is 4.80. The van der Waals surface area contributed by atoms with Crippen molar-refractivity contribution in [2.24, 2.45) is 5.92 Å².